The lowest BCUT2D eigenvalue weighted by Crippen LogP contribution is -2.48. The summed E-state index contributed by atoms with van der Waals surface area (Å²) in [5.41, 5.74) is 1.85. The zero-order chi connectivity index (χ0) is 31.5. The molecule has 2 aliphatic carbocycles. The summed E-state index contributed by atoms with van der Waals surface area (Å²) >= 11 is 0. The van der Waals surface area contributed by atoms with Gasteiger partial charge in [-0.25, -0.2) is 4.98 Å². The van der Waals surface area contributed by atoms with Crippen LogP contribution in [0, 0.1) is 5.92 Å². The van der Waals surface area contributed by atoms with Crippen LogP contribution in [-0.4, -0.2) is 72.0 Å². The number of carboxylic acid groups (broad SMARTS) is 1. The van der Waals surface area contributed by atoms with Crippen molar-refractivity contribution in [2.45, 2.75) is 93.9 Å². The van der Waals surface area contributed by atoms with E-state index < -0.39 is 24.6 Å². The van der Waals surface area contributed by atoms with Gasteiger partial charge in [0.15, 0.2) is 0 Å². The predicted octanol–water partition coefficient (Wildman–Crippen LogP) is 7.20. The molecule has 1 unspecified atom stereocenters. The van der Waals surface area contributed by atoms with E-state index in [4.69, 9.17) is 14.2 Å². The number of hydrogen-bond donors (Lipinski definition) is 1. The van der Waals surface area contributed by atoms with Gasteiger partial charge in [-0.2, -0.15) is 22.0 Å². The fourth-order valence-corrected chi connectivity index (χ4v) is 6.44. The van der Waals surface area contributed by atoms with Crippen molar-refractivity contribution < 1.29 is 46.1 Å². The highest BCUT2D eigenvalue weighted by atomic mass is 19.4. The van der Waals surface area contributed by atoms with Gasteiger partial charge in [-0.05, 0) is 105 Å². The molecule has 0 bridgehead atoms. The zero-order valence-corrected chi connectivity index (χ0v) is 24.7. The van der Waals surface area contributed by atoms with Gasteiger partial charge in [-0.15, -0.1) is 0 Å². The summed E-state index contributed by atoms with van der Waals surface area (Å²) in [6, 6.07) is 9.25. The van der Waals surface area contributed by atoms with Gasteiger partial charge in [0.2, 0.25) is 5.88 Å². The minimum absolute atomic E-state index is 0.0351. The quantitative estimate of drug-likeness (QED) is 0.250. The number of nitrogens with zero attached hydrogens (tertiary/aromatic N) is 2. The van der Waals surface area contributed by atoms with E-state index in [1.54, 1.807) is 13.3 Å². The van der Waals surface area contributed by atoms with E-state index in [1.807, 2.05) is 30.3 Å². The van der Waals surface area contributed by atoms with Crippen molar-refractivity contribution >= 4 is 5.97 Å². The number of carbonyl (C=O) groups is 1. The van der Waals surface area contributed by atoms with E-state index >= 15 is 0 Å². The first-order chi connectivity index (χ1) is 20.9. The lowest BCUT2D eigenvalue weighted by atomic mass is 9.88. The number of hydrogen-bond acceptors (Lipinski definition) is 6. The maximum atomic E-state index is 13.6. The Kier molecular flexibility index (Phi) is 9.86. The van der Waals surface area contributed by atoms with Gasteiger partial charge < -0.3 is 19.3 Å². The molecule has 0 spiro atoms. The third kappa shape index (κ3) is 8.11. The van der Waals surface area contributed by atoms with E-state index in [1.165, 1.54) is 4.90 Å². The van der Waals surface area contributed by atoms with Crippen molar-refractivity contribution in [1.82, 2.24) is 9.88 Å². The molecule has 3 fully saturated rings. The van der Waals surface area contributed by atoms with Crippen molar-refractivity contribution in [3.8, 4) is 17.4 Å². The standard InChI is InChI=1S/C32H39F5N2O5/c1-42-25-8-9-26(21-11-14-39(15-12-21)19-31(33,34)32(35,36)37)28(17-25)43-23-4-6-24(7-5-23)44-29-16-22(10-13-38-29)27(18-30(40)41)20-2-3-20/h8-10,13,16-17,20-21,23-24,27H,2-7,11-12,14-15,18-19H2,1H3,(H,40,41)/t23-,24-,27?. The summed E-state index contributed by atoms with van der Waals surface area (Å²) in [6.07, 6.45) is 1.97. The van der Waals surface area contributed by atoms with Crippen LogP contribution < -0.4 is 14.2 Å². The molecule has 0 amide bonds. The maximum Gasteiger partial charge on any atom is 0.454 e. The lowest BCUT2D eigenvalue weighted by Gasteiger charge is -2.35. The number of benzene rings is 1. The van der Waals surface area contributed by atoms with E-state index in [0.29, 0.717) is 36.1 Å². The second-order valence-electron chi connectivity index (χ2n) is 12.3. The molecule has 2 aromatic rings. The fraction of sp³-hybridized carbons (Fsp3) is 0.625. The van der Waals surface area contributed by atoms with Crippen LogP contribution in [0.3, 0.4) is 0 Å². The molecular weight excluding hydrogens is 587 g/mol. The third-order valence-electron chi connectivity index (χ3n) is 9.06. The first-order valence-corrected chi connectivity index (χ1v) is 15.3. The SMILES string of the molecule is COc1ccc(C2CCN(CC(F)(F)C(F)(F)F)CC2)c(O[C@H]2CC[C@H](Oc3cc(C(CC(=O)O)C4CC4)ccn3)CC2)c1. The first-order valence-electron chi connectivity index (χ1n) is 15.3. The molecule has 1 saturated heterocycles. The fourth-order valence-electron chi connectivity index (χ4n) is 6.44. The van der Waals surface area contributed by atoms with Gasteiger partial charge in [0, 0.05) is 18.3 Å². The Morgan fingerprint density at radius 2 is 1.61 bits per heavy atom. The van der Waals surface area contributed by atoms with Crippen LogP contribution in [0.2, 0.25) is 0 Å². The number of halogens is 5. The third-order valence-corrected chi connectivity index (χ3v) is 9.06. The smallest absolute Gasteiger partial charge is 0.454 e. The number of rotatable bonds is 12. The monoisotopic (exact) mass is 626 g/mol. The Morgan fingerprint density at radius 3 is 2.20 bits per heavy atom. The normalized spacial score (nSPS) is 22.8. The molecule has 2 heterocycles. The van der Waals surface area contributed by atoms with Crippen molar-refractivity contribution in [1.29, 1.82) is 0 Å². The van der Waals surface area contributed by atoms with Crippen molar-refractivity contribution in [3.05, 3.63) is 47.7 Å². The van der Waals surface area contributed by atoms with Gasteiger partial charge in [0.25, 0.3) is 0 Å². The number of piperidine rings is 1. The van der Waals surface area contributed by atoms with Crippen LogP contribution in [0.5, 0.6) is 17.4 Å². The summed E-state index contributed by atoms with van der Waals surface area (Å²) in [4.78, 5) is 16.9. The molecule has 1 aromatic heterocycles. The number of alkyl halides is 5. The highest BCUT2D eigenvalue weighted by Gasteiger charge is 2.58. The average molecular weight is 627 g/mol. The number of ether oxygens (including phenoxy) is 3. The molecule has 12 heteroatoms. The topological polar surface area (TPSA) is 81.1 Å². The van der Waals surface area contributed by atoms with E-state index in [2.05, 4.69) is 4.98 Å². The Balaban J connectivity index is 1.16. The molecule has 2 saturated carbocycles. The van der Waals surface area contributed by atoms with Gasteiger partial charge in [0.1, 0.15) is 17.6 Å². The molecule has 44 heavy (non-hydrogen) atoms. The number of aromatic nitrogens is 1. The van der Waals surface area contributed by atoms with E-state index in [9.17, 15) is 31.9 Å². The van der Waals surface area contributed by atoms with Crippen LogP contribution in [0.1, 0.15) is 80.8 Å². The zero-order valence-electron chi connectivity index (χ0n) is 24.7. The molecule has 1 atom stereocenters. The van der Waals surface area contributed by atoms with Gasteiger partial charge in [-0.3, -0.25) is 9.69 Å². The molecule has 0 radical (unpaired) electrons. The molecule has 5 rings (SSSR count). The van der Waals surface area contributed by atoms with Crippen LogP contribution >= 0.6 is 0 Å². The molecular formula is C32H39F5N2O5. The first kappa shape index (κ1) is 32.2. The molecule has 242 valence electrons. The summed E-state index contributed by atoms with van der Waals surface area (Å²) in [5, 5.41) is 9.35. The molecule has 7 nitrogen and oxygen atoms in total. The second kappa shape index (κ2) is 13.5. The van der Waals surface area contributed by atoms with Crippen LogP contribution in [-0.2, 0) is 4.79 Å². The summed E-state index contributed by atoms with van der Waals surface area (Å²) in [7, 11) is 1.55. The Labute approximate surface area is 253 Å². The van der Waals surface area contributed by atoms with Crippen molar-refractivity contribution in [2.24, 2.45) is 5.92 Å². The van der Waals surface area contributed by atoms with E-state index in [0.717, 1.165) is 49.7 Å². The number of likely N-dealkylation sites (tertiary alicyclic amines) is 1. The van der Waals surface area contributed by atoms with E-state index in [-0.39, 0.29) is 43.6 Å². The van der Waals surface area contributed by atoms with Crippen LogP contribution in [0.15, 0.2) is 36.5 Å². The largest absolute Gasteiger partial charge is 0.497 e. The number of carboxylic acids is 1. The number of aliphatic carboxylic acids is 1. The van der Waals surface area contributed by atoms with Crippen molar-refractivity contribution in [3.63, 3.8) is 0 Å². The van der Waals surface area contributed by atoms with Gasteiger partial charge >= 0.3 is 18.1 Å². The lowest BCUT2D eigenvalue weighted by molar-refractivity contribution is -0.287. The molecule has 1 aromatic carbocycles. The Hall–Kier alpha value is -3.15. The van der Waals surface area contributed by atoms with Crippen LogP contribution in [0.4, 0.5) is 22.0 Å². The number of methoxy groups -OCH3 is 1. The number of pyridine rings is 1. The van der Waals surface area contributed by atoms with Crippen molar-refractivity contribution in [2.75, 3.05) is 26.7 Å². The molecule has 1 aliphatic heterocycles. The summed E-state index contributed by atoms with van der Waals surface area (Å²) in [6.45, 7) is -1.06. The van der Waals surface area contributed by atoms with Gasteiger partial charge in [0.05, 0.1) is 26.2 Å². The highest BCUT2D eigenvalue weighted by Crippen LogP contribution is 2.45. The van der Waals surface area contributed by atoms with Gasteiger partial charge in [-0.1, -0.05) is 6.07 Å². The minimum atomic E-state index is -5.56. The molecule has 1 N–H and O–H groups in total. The Morgan fingerprint density at radius 1 is 0.955 bits per heavy atom. The summed E-state index contributed by atoms with van der Waals surface area (Å²) < 4.78 is 83.3. The van der Waals surface area contributed by atoms with Crippen LogP contribution in [0.25, 0.3) is 0 Å². The predicted molar refractivity (Wildman–Crippen MR) is 152 cm³/mol. The second-order valence-corrected chi connectivity index (χ2v) is 12.3. The maximum absolute atomic E-state index is 13.6. The Bertz CT molecular complexity index is 1270. The molecule has 3 aliphatic rings. The highest BCUT2D eigenvalue weighted by molar-refractivity contribution is 5.68. The minimum Gasteiger partial charge on any atom is -0.497 e. The summed E-state index contributed by atoms with van der Waals surface area (Å²) in [5.74, 6) is -3.48. The average Bonchev–Trinajstić information content (AvgIpc) is 3.82.